The Balaban J connectivity index is 1.25. The molecule has 1 fully saturated rings. The fourth-order valence-corrected chi connectivity index (χ4v) is 4.49. The van der Waals surface area contributed by atoms with Gasteiger partial charge >= 0.3 is 5.97 Å². The van der Waals surface area contributed by atoms with E-state index < -0.39 is 17.8 Å². The zero-order valence-electron chi connectivity index (χ0n) is 21.1. The molecule has 1 atom stereocenters. The van der Waals surface area contributed by atoms with E-state index >= 15 is 0 Å². The number of imide groups is 1. The largest absolute Gasteiger partial charge is 0.423 e. The van der Waals surface area contributed by atoms with Crippen LogP contribution in [0.2, 0.25) is 0 Å². The lowest BCUT2D eigenvalue weighted by Crippen LogP contribution is -2.31. The first-order chi connectivity index (χ1) is 18.7. The number of carbonyl (C=O) groups is 5. The van der Waals surface area contributed by atoms with Gasteiger partial charge in [0, 0.05) is 28.8 Å². The molecule has 194 valence electrons. The number of hydrogen-bond donors (Lipinski definition) is 1. The number of anilines is 2. The van der Waals surface area contributed by atoms with Gasteiger partial charge in [-0.2, -0.15) is 0 Å². The zero-order chi connectivity index (χ0) is 27.7. The Morgan fingerprint density at radius 3 is 2.38 bits per heavy atom. The highest BCUT2D eigenvalue weighted by atomic mass is 16.5. The first-order valence-electron chi connectivity index (χ1n) is 12.3. The molecule has 2 aliphatic rings. The van der Waals surface area contributed by atoms with E-state index in [2.05, 4.69) is 11.9 Å². The minimum absolute atomic E-state index is 0.0208. The lowest BCUT2D eigenvalue weighted by atomic mass is 9.94. The number of hydrogen-bond acceptors (Lipinski definition) is 6. The Kier molecular flexibility index (Phi) is 6.77. The summed E-state index contributed by atoms with van der Waals surface area (Å²) in [7, 11) is 0. The Morgan fingerprint density at radius 1 is 0.949 bits per heavy atom. The second kappa shape index (κ2) is 10.3. The van der Waals surface area contributed by atoms with E-state index in [1.54, 1.807) is 43.3 Å². The van der Waals surface area contributed by atoms with Crippen LogP contribution in [0.1, 0.15) is 40.5 Å². The van der Waals surface area contributed by atoms with Crippen molar-refractivity contribution >= 4 is 53.0 Å². The van der Waals surface area contributed by atoms with E-state index in [9.17, 15) is 24.0 Å². The number of benzene rings is 3. The number of esters is 1. The van der Waals surface area contributed by atoms with Crippen LogP contribution in [0.3, 0.4) is 0 Å². The van der Waals surface area contributed by atoms with Gasteiger partial charge in [-0.15, -0.1) is 0 Å². The molecular formula is C31H24N2O6. The molecular weight excluding hydrogens is 496 g/mol. The van der Waals surface area contributed by atoms with Gasteiger partial charge in [-0.1, -0.05) is 30.9 Å². The summed E-state index contributed by atoms with van der Waals surface area (Å²) in [6.45, 7) is 5.17. The average molecular weight is 521 g/mol. The molecule has 8 heteroatoms. The van der Waals surface area contributed by atoms with Crippen molar-refractivity contribution in [3.05, 3.63) is 100 Å². The molecule has 0 aromatic heterocycles. The second-order valence-electron chi connectivity index (χ2n) is 9.40. The van der Waals surface area contributed by atoms with Gasteiger partial charge in [0.2, 0.25) is 5.91 Å². The standard InChI is InChI=1S/C31H24N2O6/c1-18-14-28(35)33(30(18)37)26-12-10-20(11-13-26)29(36)32-25-4-3-5-27(17-25)39-31(38)24-9-8-22-15-21(19(2)34)6-7-23(22)16-24/h3-5,7-13,15-17,21H,1,6,14H2,2H3,(H,32,36). The SMILES string of the molecule is C=C1CC(=O)N(c2ccc(C(=O)Nc3cccc(OC(=O)c4ccc5c(c4)=CCC(C(C)=O)C=5)c3)cc2)C1=O. The van der Waals surface area contributed by atoms with Crippen LogP contribution >= 0.6 is 0 Å². The maximum Gasteiger partial charge on any atom is 0.343 e. The van der Waals surface area contributed by atoms with Gasteiger partial charge in [-0.25, -0.2) is 9.69 Å². The predicted octanol–water partition coefficient (Wildman–Crippen LogP) is 3.15. The first-order valence-corrected chi connectivity index (χ1v) is 12.3. The van der Waals surface area contributed by atoms with Crippen molar-refractivity contribution in [1.82, 2.24) is 0 Å². The molecule has 5 rings (SSSR count). The molecule has 3 aromatic rings. The van der Waals surface area contributed by atoms with Crippen molar-refractivity contribution in [2.24, 2.45) is 5.92 Å². The van der Waals surface area contributed by atoms with Gasteiger partial charge in [0.15, 0.2) is 0 Å². The van der Waals surface area contributed by atoms with Crippen molar-refractivity contribution in [3.8, 4) is 5.75 Å². The monoisotopic (exact) mass is 520 g/mol. The molecule has 0 saturated carbocycles. The van der Waals surface area contributed by atoms with Crippen LogP contribution in [0, 0.1) is 5.92 Å². The molecule has 1 saturated heterocycles. The summed E-state index contributed by atoms with van der Waals surface area (Å²) in [5.74, 6) is -1.56. The minimum Gasteiger partial charge on any atom is -0.423 e. The third-order valence-corrected chi connectivity index (χ3v) is 6.63. The number of nitrogens with zero attached hydrogens (tertiary/aromatic N) is 1. The molecule has 0 spiro atoms. The molecule has 3 aromatic carbocycles. The Labute approximate surface area is 223 Å². The summed E-state index contributed by atoms with van der Waals surface area (Å²) in [6.07, 6.45) is 4.43. The van der Waals surface area contributed by atoms with Crippen LogP contribution in [0.5, 0.6) is 5.75 Å². The van der Waals surface area contributed by atoms with Crippen molar-refractivity contribution in [1.29, 1.82) is 0 Å². The summed E-state index contributed by atoms with van der Waals surface area (Å²) in [5.41, 5.74) is 1.69. The Bertz CT molecular complexity index is 1690. The number of carbonyl (C=O) groups excluding carboxylic acids is 5. The van der Waals surface area contributed by atoms with Crippen LogP contribution in [-0.4, -0.2) is 29.5 Å². The summed E-state index contributed by atoms with van der Waals surface area (Å²) in [4.78, 5) is 62.5. The smallest absolute Gasteiger partial charge is 0.343 e. The highest BCUT2D eigenvalue weighted by molar-refractivity contribution is 6.28. The van der Waals surface area contributed by atoms with Crippen LogP contribution in [0.4, 0.5) is 11.4 Å². The summed E-state index contributed by atoms with van der Waals surface area (Å²) >= 11 is 0. The molecule has 1 aliphatic carbocycles. The molecule has 39 heavy (non-hydrogen) atoms. The lowest BCUT2D eigenvalue weighted by molar-refractivity contribution is -0.121. The van der Waals surface area contributed by atoms with Crippen molar-refractivity contribution < 1.29 is 28.7 Å². The second-order valence-corrected chi connectivity index (χ2v) is 9.40. The molecule has 1 aliphatic heterocycles. The maximum atomic E-state index is 12.8. The van der Waals surface area contributed by atoms with Gasteiger partial charge in [-0.05, 0) is 72.3 Å². The van der Waals surface area contributed by atoms with Crippen molar-refractivity contribution in [2.75, 3.05) is 10.2 Å². The van der Waals surface area contributed by atoms with Crippen molar-refractivity contribution in [3.63, 3.8) is 0 Å². The van der Waals surface area contributed by atoms with Crippen molar-refractivity contribution in [2.45, 2.75) is 19.8 Å². The summed E-state index contributed by atoms with van der Waals surface area (Å²) < 4.78 is 5.54. The van der Waals surface area contributed by atoms with E-state index in [0.29, 0.717) is 28.9 Å². The molecule has 1 heterocycles. The number of rotatable bonds is 6. The molecule has 1 unspecified atom stereocenters. The third-order valence-electron chi connectivity index (χ3n) is 6.63. The van der Waals surface area contributed by atoms with E-state index in [1.165, 1.54) is 30.3 Å². The molecule has 0 radical (unpaired) electrons. The normalized spacial score (nSPS) is 16.2. The quantitative estimate of drug-likeness (QED) is 0.232. The van der Waals surface area contributed by atoms with Crippen LogP contribution in [0.25, 0.3) is 12.2 Å². The fraction of sp³-hybridized carbons (Fsp3) is 0.129. The van der Waals surface area contributed by atoms with E-state index in [1.807, 2.05) is 12.2 Å². The third kappa shape index (κ3) is 5.31. The number of Topliss-reactive ketones (excluding diaryl/α,β-unsaturated/α-hetero) is 1. The van der Waals surface area contributed by atoms with E-state index in [-0.39, 0.29) is 35.4 Å². The minimum atomic E-state index is -0.548. The molecule has 1 N–H and O–H groups in total. The first kappa shape index (κ1) is 25.5. The van der Waals surface area contributed by atoms with Gasteiger partial charge in [-0.3, -0.25) is 19.2 Å². The summed E-state index contributed by atoms with van der Waals surface area (Å²) in [5, 5.41) is 4.53. The number of fused-ring (bicyclic) bond motifs is 1. The molecule has 0 bridgehead atoms. The van der Waals surface area contributed by atoms with Gasteiger partial charge in [0.05, 0.1) is 17.7 Å². The number of amides is 3. The number of ether oxygens (including phenoxy) is 1. The topological polar surface area (TPSA) is 110 Å². The lowest BCUT2D eigenvalue weighted by Gasteiger charge is -2.14. The van der Waals surface area contributed by atoms with Gasteiger partial charge in [0.1, 0.15) is 11.5 Å². The summed E-state index contributed by atoms with van der Waals surface area (Å²) in [6, 6.07) is 17.7. The molecule has 3 amide bonds. The van der Waals surface area contributed by atoms with E-state index in [0.717, 1.165) is 15.3 Å². The zero-order valence-corrected chi connectivity index (χ0v) is 21.1. The predicted molar refractivity (Wildman–Crippen MR) is 145 cm³/mol. The fourth-order valence-electron chi connectivity index (χ4n) is 4.49. The highest BCUT2D eigenvalue weighted by Gasteiger charge is 2.33. The van der Waals surface area contributed by atoms with Gasteiger partial charge < -0.3 is 10.1 Å². The molecule has 8 nitrogen and oxygen atoms in total. The van der Waals surface area contributed by atoms with Crippen LogP contribution in [0.15, 0.2) is 78.9 Å². The van der Waals surface area contributed by atoms with Gasteiger partial charge in [0.25, 0.3) is 11.8 Å². The van der Waals surface area contributed by atoms with Crippen LogP contribution < -0.4 is 25.4 Å². The highest BCUT2D eigenvalue weighted by Crippen LogP contribution is 2.26. The average Bonchev–Trinajstić information content (AvgIpc) is 3.18. The van der Waals surface area contributed by atoms with E-state index in [4.69, 9.17) is 4.74 Å². The Hall–Kier alpha value is -5.11. The number of ketones is 1. The Morgan fingerprint density at radius 2 is 1.69 bits per heavy atom. The van der Waals surface area contributed by atoms with Crippen LogP contribution in [-0.2, 0) is 14.4 Å². The number of nitrogens with one attached hydrogen (secondary N) is 1. The maximum absolute atomic E-state index is 12.8.